The second-order valence-corrected chi connectivity index (χ2v) is 6.12. The predicted octanol–water partition coefficient (Wildman–Crippen LogP) is 3.70. The smallest absolute Gasteiger partial charge is 0.338 e. The van der Waals surface area contributed by atoms with Gasteiger partial charge in [-0.2, -0.15) is 0 Å². The van der Waals surface area contributed by atoms with Crippen LogP contribution in [-0.2, 0) is 9.53 Å². The van der Waals surface area contributed by atoms with Gasteiger partial charge in [0.2, 0.25) is 0 Å². The number of carbonyl (C=O) groups excluding carboxylic acids is 2. The van der Waals surface area contributed by atoms with Gasteiger partial charge in [-0.05, 0) is 42.5 Å². The fourth-order valence-corrected chi connectivity index (χ4v) is 2.69. The van der Waals surface area contributed by atoms with Crippen molar-refractivity contribution in [3.8, 4) is 11.5 Å². The van der Waals surface area contributed by atoms with Crippen LogP contribution >= 0.6 is 11.6 Å². The van der Waals surface area contributed by atoms with Gasteiger partial charge in [-0.15, -0.1) is 0 Å². The first-order valence-electron chi connectivity index (χ1n) is 8.25. The number of nitrogens with zero attached hydrogens (tertiary/aromatic N) is 1. The van der Waals surface area contributed by atoms with Gasteiger partial charge < -0.3 is 19.5 Å². The Balaban J connectivity index is 1.64. The number of methoxy groups -OCH3 is 2. The highest BCUT2D eigenvalue weighted by molar-refractivity contribution is 6.29. The second kappa shape index (κ2) is 8.58. The van der Waals surface area contributed by atoms with Gasteiger partial charge in [0.15, 0.2) is 6.61 Å². The topological polar surface area (TPSA) is 86.8 Å². The summed E-state index contributed by atoms with van der Waals surface area (Å²) in [4.78, 5) is 28.6. The molecule has 2 aromatic carbocycles. The number of benzene rings is 2. The van der Waals surface area contributed by atoms with Gasteiger partial charge >= 0.3 is 5.97 Å². The summed E-state index contributed by atoms with van der Waals surface area (Å²) >= 11 is 5.85. The van der Waals surface area contributed by atoms with Crippen LogP contribution in [-0.4, -0.2) is 37.7 Å². The Kier molecular flexibility index (Phi) is 5.96. The maximum atomic E-state index is 12.2. The summed E-state index contributed by atoms with van der Waals surface area (Å²) in [5.41, 5.74) is 1.38. The Morgan fingerprint density at radius 1 is 1.04 bits per heavy atom. The Hall–Kier alpha value is -3.32. The highest BCUT2D eigenvalue weighted by Crippen LogP contribution is 2.28. The minimum atomic E-state index is -0.621. The zero-order chi connectivity index (χ0) is 20.1. The molecule has 1 heterocycles. The van der Waals surface area contributed by atoms with E-state index in [4.69, 9.17) is 25.8 Å². The van der Waals surface area contributed by atoms with Gasteiger partial charge in [0, 0.05) is 11.5 Å². The number of rotatable bonds is 6. The van der Waals surface area contributed by atoms with Crippen LogP contribution in [0.4, 0.5) is 5.69 Å². The van der Waals surface area contributed by atoms with Crippen molar-refractivity contribution in [1.29, 1.82) is 0 Å². The molecule has 0 saturated carbocycles. The molecule has 0 aliphatic rings. The zero-order valence-corrected chi connectivity index (χ0v) is 15.9. The minimum Gasteiger partial charge on any atom is -0.497 e. The van der Waals surface area contributed by atoms with E-state index >= 15 is 0 Å². The Morgan fingerprint density at radius 3 is 2.61 bits per heavy atom. The summed E-state index contributed by atoms with van der Waals surface area (Å²) < 4.78 is 15.4. The van der Waals surface area contributed by atoms with E-state index in [0.29, 0.717) is 33.4 Å². The van der Waals surface area contributed by atoms with Crippen LogP contribution in [0, 0.1) is 0 Å². The van der Waals surface area contributed by atoms with E-state index in [1.165, 1.54) is 14.2 Å². The van der Waals surface area contributed by atoms with E-state index in [9.17, 15) is 9.59 Å². The van der Waals surface area contributed by atoms with Crippen LogP contribution in [0.5, 0.6) is 11.5 Å². The summed E-state index contributed by atoms with van der Waals surface area (Å²) in [6.07, 6.45) is 0. The van der Waals surface area contributed by atoms with E-state index in [0.717, 1.165) is 5.39 Å². The first kappa shape index (κ1) is 19.4. The van der Waals surface area contributed by atoms with Crippen molar-refractivity contribution in [2.24, 2.45) is 0 Å². The molecule has 0 saturated heterocycles. The number of nitrogens with one attached hydrogen (secondary N) is 1. The monoisotopic (exact) mass is 400 g/mol. The molecule has 0 spiro atoms. The predicted molar refractivity (Wildman–Crippen MR) is 105 cm³/mol. The number of fused-ring (bicyclic) bond motifs is 1. The molecule has 1 aromatic heterocycles. The van der Waals surface area contributed by atoms with Crippen molar-refractivity contribution >= 4 is 40.1 Å². The minimum absolute atomic E-state index is 0.309. The zero-order valence-electron chi connectivity index (χ0n) is 15.2. The Labute approximate surface area is 166 Å². The second-order valence-electron chi connectivity index (χ2n) is 5.73. The molecule has 0 fully saturated rings. The molecular weight excluding hydrogens is 384 g/mol. The SMILES string of the molecule is COc1ccc(OC)c(NC(=O)COC(=O)c2ccc3nc(Cl)ccc3c2)c1. The van der Waals surface area contributed by atoms with Gasteiger partial charge in [-0.25, -0.2) is 9.78 Å². The summed E-state index contributed by atoms with van der Waals surface area (Å²) in [6.45, 7) is -0.448. The van der Waals surface area contributed by atoms with Crippen LogP contribution in [0.25, 0.3) is 10.9 Å². The number of hydrogen-bond donors (Lipinski definition) is 1. The molecule has 0 bridgehead atoms. The van der Waals surface area contributed by atoms with Crippen molar-refractivity contribution in [2.75, 3.05) is 26.1 Å². The number of hydrogen-bond acceptors (Lipinski definition) is 6. The van der Waals surface area contributed by atoms with Crippen molar-refractivity contribution in [3.63, 3.8) is 0 Å². The molecule has 0 aliphatic carbocycles. The van der Waals surface area contributed by atoms with Crippen molar-refractivity contribution < 1.29 is 23.8 Å². The van der Waals surface area contributed by atoms with Crippen LogP contribution in [0.15, 0.2) is 48.5 Å². The van der Waals surface area contributed by atoms with Crippen LogP contribution in [0.2, 0.25) is 5.15 Å². The highest BCUT2D eigenvalue weighted by Gasteiger charge is 2.13. The standard InChI is InChI=1S/C20H17ClN2O5/c1-26-14-5-7-17(27-2)16(10-14)23-19(24)11-28-20(25)13-3-6-15-12(9-13)4-8-18(21)22-15/h3-10H,11H2,1-2H3,(H,23,24). The number of ether oxygens (including phenoxy) is 3. The van der Waals surface area contributed by atoms with Crippen molar-refractivity contribution in [3.05, 3.63) is 59.2 Å². The number of pyridine rings is 1. The summed E-state index contributed by atoms with van der Waals surface area (Å²) in [5.74, 6) is -0.113. The average Bonchev–Trinajstić information content (AvgIpc) is 2.71. The van der Waals surface area contributed by atoms with Gasteiger partial charge in [-0.1, -0.05) is 11.6 Å². The van der Waals surface area contributed by atoms with Crippen molar-refractivity contribution in [1.82, 2.24) is 4.98 Å². The number of amides is 1. The third-order valence-corrected chi connectivity index (χ3v) is 4.12. The lowest BCUT2D eigenvalue weighted by molar-refractivity contribution is -0.119. The molecule has 0 radical (unpaired) electrons. The molecule has 0 atom stereocenters. The van der Waals surface area contributed by atoms with Crippen LogP contribution in [0.1, 0.15) is 10.4 Å². The number of aromatic nitrogens is 1. The first-order chi connectivity index (χ1) is 13.5. The summed E-state index contributed by atoms with van der Waals surface area (Å²) in [6, 6.07) is 13.2. The van der Waals surface area contributed by atoms with Gasteiger partial charge in [0.05, 0.1) is 31.0 Å². The Morgan fingerprint density at radius 2 is 1.86 bits per heavy atom. The third-order valence-electron chi connectivity index (χ3n) is 3.91. The van der Waals surface area contributed by atoms with E-state index < -0.39 is 18.5 Å². The van der Waals surface area contributed by atoms with Crippen LogP contribution in [0.3, 0.4) is 0 Å². The largest absolute Gasteiger partial charge is 0.497 e. The molecule has 144 valence electrons. The Bertz CT molecular complexity index is 1040. The molecule has 1 amide bonds. The van der Waals surface area contributed by atoms with E-state index in [1.807, 2.05) is 0 Å². The molecule has 1 N–H and O–H groups in total. The maximum Gasteiger partial charge on any atom is 0.338 e. The summed E-state index contributed by atoms with van der Waals surface area (Å²) in [5, 5.41) is 3.74. The molecule has 28 heavy (non-hydrogen) atoms. The van der Waals surface area contributed by atoms with Gasteiger partial charge in [-0.3, -0.25) is 4.79 Å². The average molecular weight is 401 g/mol. The number of esters is 1. The van der Waals surface area contributed by atoms with E-state index in [-0.39, 0.29) is 0 Å². The molecule has 8 heteroatoms. The molecule has 3 aromatic rings. The van der Waals surface area contributed by atoms with Crippen molar-refractivity contribution in [2.45, 2.75) is 0 Å². The number of halogens is 1. The molecule has 7 nitrogen and oxygen atoms in total. The molecule has 0 aliphatic heterocycles. The first-order valence-corrected chi connectivity index (χ1v) is 8.63. The van der Waals surface area contributed by atoms with Crippen LogP contribution < -0.4 is 14.8 Å². The van der Waals surface area contributed by atoms with E-state index in [2.05, 4.69) is 10.3 Å². The number of anilines is 1. The number of carbonyl (C=O) groups is 2. The molecule has 0 unspecified atom stereocenters. The molecule has 3 rings (SSSR count). The highest BCUT2D eigenvalue weighted by atomic mass is 35.5. The van der Waals surface area contributed by atoms with Gasteiger partial charge in [0.25, 0.3) is 5.91 Å². The quantitative estimate of drug-likeness (QED) is 0.501. The maximum absolute atomic E-state index is 12.2. The van der Waals surface area contributed by atoms with E-state index in [1.54, 1.807) is 48.5 Å². The fraction of sp³-hybridized carbons (Fsp3) is 0.150. The molecular formula is C20H17ClN2O5. The lowest BCUT2D eigenvalue weighted by Crippen LogP contribution is -2.21. The normalized spacial score (nSPS) is 10.4. The summed E-state index contributed by atoms with van der Waals surface area (Å²) in [7, 11) is 3.00. The lowest BCUT2D eigenvalue weighted by Gasteiger charge is -2.12. The third kappa shape index (κ3) is 4.50. The van der Waals surface area contributed by atoms with Gasteiger partial charge in [0.1, 0.15) is 16.7 Å². The lowest BCUT2D eigenvalue weighted by atomic mass is 10.1. The fourth-order valence-electron chi connectivity index (χ4n) is 2.54.